The molecule has 3 heteroatoms. The standard InChI is InChI=1S/C11H21NO2/c1-2-14-11(13)7-9-12-8-3-4-10-5-6-10/h10,12H,2-9H2,1H3. The van der Waals surface area contributed by atoms with Gasteiger partial charge in [0.05, 0.1) is 13.0 Å². The van der Waals surface area contributed by atoms with Crippen LogP contribution in [0.2, 0.25) is 0 Å². The van der Waals surface area contributed by atoms with Crippen LogP contribution in [0.5, 0.6) is 0 Å². The molecule has 0 bridgehead atoms. The Morgan fingerprint density at radius 1 is 1.43 bits per heavy atom. The molecule has 1 fully saturated rings. The Morgan fingerprint density at radius 3 is 2.86 bits per heavy atom. The molecule has 82 valence electrons. The van der Waals surface area contributed by atoms with Crippen LogP contribution in [-0.2, 0) is 9.53 Å². The van der Waals surface area contributed by atoms with Crippen molar-refractivity contribution in [3.63, 3.8) is 0 Å². The minimum atomic E-state index is -0.0952. The molecule has 0 aliphatic heterocycles. The van der Waals surface area contributed by atoms with Gasteiger partial charge >= 0.3 is 5.97 Å². The van der Waals surface area contributed by atoms with Crippen molar-refractivity contribution in [1.29, 1.82) is 0 Å². The fourth-order valence-electron chi connectivity index (χ4n) is 1.47. The molecule has 0 aromatic rings. The first-order chi connectivity index (χ1) is 6.83. The number of carbonyl (C=O) groups is 1. The third-order valence-corrected chi connectivity index (χ3v) is 2.47. The summed E-state index contributed by atoms with van der Waals surface area (Å²) in [5, 5.41) is 3.26. The van der Waals surface area contributed by atoms with Gasteiger partial charge in [-0.1, -0.05) is 12.8 Å². The van der Waals surface area contributed by atoms with E-state index in [1.165, 1.54) is 25.7 Å². The molecule has 0 aromatic heterocycles. The molecule has 0 spiro atoms. The van der Waals surface area contributed by atoms with Crippen molar-refractivity contribution in [3.05, 3.63) is 0 Å². The van der Waals surface area contributed by atoms with E-state index in [-0.39, 0.29) is 5.97 Å². The number of nitrogens with one attached hydrogen (secondary N) is 1. The average molecular weight is 199 g/mol. The summed E-state index contributed by atoms with van der Waals surface area (Å²) in [7, 11) is 0. The van der Waals surface area contributed by atoms with Crippen LogP contribution in [0.15, 0.2) is 0 Å². The van der Waals surface area contributed by atoms with Gasteiger partial charge in [-0.05, 0) is 32.2 Å². The van der Waals surface area contributed by atoms with E-state index in [9.17, 15) is 4.79 Å². The molecule has 0 radical (unpaired) electrons. The third kappa shape index (κ3) is 5.97. The Kier molecular flexibility index (Phi) is 5.60. The van der Waals surface area contributed by atoms with Crippen molar-refractivity contribution in [2.24, 2.45) is 5.92 Å². The van der Waals surface area contributed by atoms with Gasteiger partial charge in [0.1, 0.15) is 0 Å². The zero-order valence-electron chi connectivity index (χ0n) is 9.05. The number of rotatable bonds is 8. The van der Waals surface area contributed by atoms with Gasteiger partial charge in [0.2, 0.25) is 0 Å². The molecular weight excluding hydrogens is 178 g/mol. The first-order valence-electron chi connectivity index (χ1n) is 5.69. The van der Waals surface area contributed by atoms with Crippen LogP contribution in [-0.4, -0.2) is 25.7 Å². The molecule has 1 rings (SSSR count). The second-order valence-electron chi connectivity index (χ2n) is 3.89. The Hall–Kier alpha value is -0.570. The molecule has 0 saturated heterocycles. The van der Waals surface area contributed by atoms with Crippen LogP contribution in [0, 0.1) is 5.92 Å². The molecule has 3 nitrogen and oxygen atoms in total. The van der Waals surface area contributed by atoms with Gasteiger partial charge in [0, 0.05) is 6.54 Å². The van der Waals surface area contributed by atoms with Crippen molar-refractivity contribution in [2.75, 3.05) is 19.7 Å². The van der Waals surface area contributed by atoms with Crippen LogP contribution in [0.1, 0.15) is 39.0 Å². The minimum absolute atomic E-state index is 0.0952. The third-order valence-electron chi connectivity index (χ3n) is 2.47. The summed E-state index contributed by atoms with van der Waals surface area (Å²) < 4.78 is 4.82. The molecule has 0 atom stereocenters. The zero-order chi connectivity index (χ0) is 10.2. The summed E-state index contributed by atoms with van der Waals surface area (Å²) >= 11 is 0. The predicted octanol–water partition coefficient (Wildman–Crippen LogP) is 1.72. The second-order valence-corrected chi connectivity index (χ2v) is 3.89. The molecule has 1 aliphatic rings. The Balaban J connectivity index is 1.76. The summed E-state index contributed by atoms with van der Waals surface area (Å²) in [6, 6.07) is 0. The second kappa shape index (κ2) is 6.82. The van der Waals surface area contributed by atoms with Crippen molar-refractivity contribution in [1.82, 2.24) is 5.32 Å². The van der Waals surface area contributed by atoms with Gasteiger partial charge in [-0.2, -0.15) is 0 Å². The van der Waals surface area contributed by atoms with E-state index in [0.29, 0.717) is 13.0 Å². The highest BCUT2D eigenvalue weighted by molar-refractivity contribution is 5.69. The number of carbonyl (C=O) groups excluding carboxylic acids is 1. The highest BCUT2D eigenvalue weighted by Gasteiger charge is 2.19. The monoisotopic (exact) mass is 199 g/mol. The van der Waals surface area contributed by atoms with Gasteiger partial charge in [0.25, 0.3) is 0 Å². The van der Waals surface area contributed by atoms with Crippen LogP contribution in [0.25, 0.3) is 0 Å². The van der Waals surface area contributed by atoms with Crippen LogP contribution >= 0.6 is 0 Å². The predicted molar refractivity (Wildman–Crippen MR) is 56.1 cm³/mol. The maximum Gasteiger partial charge on any atom is 0.307 e. The smallest absolute Gasteiger partial charge is 0.307 e. The van der Waals surface area contributed by atoms with E-state index in [2.05, 4.69) is 5.32 Å². The van der Waals surface area contributed by atoms with Crippen molar-refractivity contribution in [2.45, 2.75) is 39.0 Å². The molecule has 0 heterocycles. The summed E-state index contributed by atoms with van der Waals surface area (Å²) in [5.41, 5.74) is 0. The zero-order valence-corrected chi connectivity index (χ0v) is 9.05. The lowest BCUT2D eigenvalue weighted by molar-refractivity contribution is -0.142. The lowest BCUT2D eigenvalue weighted by Gasteiger charge is -2.04. The minimum Gasteiger partial charge on any atom is -0.466 e. The van der Waals surface area contributed by atoms with Gasteiger partial charge in [-0.15, -0.1) is 0 Å². The molecule has 0 unspecified atom stereocenters. The number of esters is 1. The number of hydrogen-bond acceptors (Lipinski definition) is 3. The molecule has 0 aromatic carbocycles. The van der Waals surface area contributed by atoms with Crippen LogP contribution < -0.4 is 5.32 Å². The quantitative estimate of drug-likeness (QED) is 0.478. The largest absolute Gasteiger partial charge is 0.466 e. The molecule has 1 aliphatic carbocycles. The van der Waals surface area contributed by atoms with Crippen LogP contribution in [0.3, 0.4) is 0 Å². The van der Waals surface area contributed by atoms with E-state index >= 15 is 0 Å². The molecular formula is C11H21NO2. The van der Waals surface area contributed by atoms with Crippen molar-refractivity contribution in [3.8, 4) is 0 Å². The SMILES string of the molecule is CCOC(=O)CCNCCCC1CC1. The first kappa shape index (κ1) is 11.5. The lowest BCUT2D eigenvalue weighted by atomic mass is 10.2. The maximum absolute atomic E-state index is 10.9. The van der Waals surface area contributed by atoms with E-state index < -0.39 is 0 Å². The Morgan fingerprint density at radius 2 is 2.21 bits per heavy atom. The summed E-state index contributed by atoms with van der Waals surface area (Å²) in [4.78, 5) is 10.9. The maximum atomic E-state index is 10.9. The highest BCUT2D eigenvalue weighted by atomic mass is 16.5. The summed E-state index contributed by atoms with van der Waals surface area (Å²) in [6.45, 7) is 4.11. The van der Waals surface area contributed by atoms with Gasteiger partial charge in [0.15, 0.2) is 0 Å². The lowest BCUT2D eigenvalue weighted by Crippen LogP contribution is -2.20. The summed E-state index contributed by atoms with van der Waals surface area (Å²) in [6.07, 6.45) is 5.96. The molecule has 1 saturated carbocycles. The topological polar surface area (TPSA) is 38.3 Å². The van der Waals surface area contributed by atoms with E-state index in [1.54, 1.807) is 0 Å². The fraction of sp³-hybridized carbons (Fsp3) is 0.909. The fourth-order valence-corrected chi connectivity index (χ4v) is 1.47. The molecule has 1 N–H and O–H groups in total. The van der Waals surface area contributed by atoms with E-state index in [0.717, 1.165) is 19.0 Å². The number of hydrogen-bond donors (Lipinski definition) is 1. The normalized spacial score (nSPS) is 15.5. The first-order valence-corrected chi connectivity index (χ1v) is 5.69. The van der Waals surface area contributed by atoms with Crippen molar-refractivity contribution >= 4 is 5.97 Å². The van der Waals surface area contributed by atoms with Crippen LogP contribution in [0.4, 0.5) is 0 Å². The van der Waals surface area contributed by atoms with Gasteiger partial charge in [-0.3, -0.25) is 4.79 Å². The van der Waals surface area contributed by atoms with Gasteiger partial charge < -0.3 is 10.1 Å². The van der Waals surface area contributed by atoms with E-state index in [1.807, 2.05) is 6.92 Å². The van der Waals surface area contributed by atoms with Crippen molar-refractivity contribution < 1.29 is 9.53 Å². The highest BCUT2D eigenvalue weighted by Crippen LogP contribution is 2.33. The summed E-state index contributed by atoms with van der Waals surface area (Å²) in [5.74, 6) is 0.920. The Bertz CT molecular complexity index is 167. The van der Waals surface area contributed by atoms with Gasteiger partial charge in [-0.25, -0.2) is 0 Å². The molecule has 14 heavy (non-hydrogen) atoms. The molecule has 0 amide bonds. The number of ether oxygens (including phenoxy) is 1. The van der Waals surface area contributed by atoms with E-state index in [4.69, 9.17) is 4.74 Å². The average Bonchev–Trinajstić information content (AvgIpc) is 2.95. The Labute approximate surface area is 86.2 Å².